The maximum Gasteiger partial charge on any atom is 0.356 e. The van der Waals surface area contributed by atoms with Crippen LogP contribution < -0.4 is 0 Å². The van der Waals surface area contributed by atoms with Gasteiger partial charge in [-0.3, -0.25) is 0 Å². The Morgan fingerprint density at radius 1 is 1.38 bits per heavy atom. The van der Waals surface area contributed by atoms with Gasteiger partial charge in [-0.05, 0) is 19.3 Å². The summed E-state index contributed by atoms with van der Waals surface area (Å²) in [6, 6.07) is 0. The molecule has 5 nitrogen and oxygen atoms in total. The van der Waals surface area contributed by atoms with Gasteiger partial charge in [0.05, 0.1) is 7.11 Å². The molecule has 0 amide bonds. The summed E-state index contributed by atoms with van der Waals surface area (Å²) in [6.07, 6.45) is 2.38. The van der Waals surface area contributed by atoms with Crippen molar-refractivity contribution in [3.63, 3.8) is 0 Å². The second kappa shape index (κ2) is 5.84. The Kier molecular flexibility index (Phi) is 4.73. The lowest BCUT2D eigenvalue weighted by molar-refractivity contribution is -0.134. The number of carbonyl (C=O) groups is 1. The molecule has 0 saturated carbocycles. The number of esters is 1. The van der Waals surface area contributed by atoms with Crippen molar-refractivity contribution in [1.82, 2.24) is 0 Å². The Bertz CT molecular complexity index is 269. The average Bonchev–Trinajstić information content (AvgIpc) is 2.36. The molecule has 0 aromatic heterocycles. The smallest absolute Gasteiger partial charge is 0.356 e. The van der Waals surface area contributed by atoms with Crippen molar-refractivity contribution in [3.05, 3.63) is 0 Å². The Morgan fingerprint density at radius 2 is 2.00 bits per heavy atom. The minimum Gasteiger partial charge on any atom is -0.464 e. The lowest BCUT2D eigenvalue weighted by Gasteiger charge is -2.35. The lowest BCUT2D eigenvalue weighted by Crippen LogP contribution is -2.41. The van der Waals surface area contributed by atoms with Gasteiger partial charge in [0.25, 0.3) is 0 Å². The van der Waals surface area contributed by atoms with Crippen molar-refractivity contribution in [2.75, 3.05) is 27.4 Å². The number of methoxy groups -OCH3 is 1. The maximum absolute atomic E-state index is 11.7. The van der Waals surface area contributed by atoms with E-state index in [1.54, 1.807) is 0 Å². The second-order valence-electron chi connectivity index (χ2n) is 3.86. The first-order valence-electron chi connectivity index (χ1n) is 5.48. The molecule has 5 heteroatoms. The fourth-order valence-electron chi connectivity index (χ4n) is 2.06. The standard InChI is InChI=1S/C11H19NO4/c1-4-11(5-7-16-8-6-11)9(12-15-3)10(13)14-2/h4-8H2,1-3H3/b12-9+. The molecule has 0 N–H and O–H groups in total. The Hall–Kier alpha value is -1.10. The largest absolute Gasteiger partial charge is 0.464 e. The highest BCUT2D eigenvalue weighted by Gasteiger charge is 2.41. The van der Waals surface area contributed by atoms with Crippen LogP contribution in [0, 0.1) is 5.41 Å². The number of nitrogens with zero attached hydrogens (tertiary/aromatic N) is 1. The van der Waals surface area contributed by atoms with E-state index in [2.05, 4.69) is 5.16 Å². The Labute approximate surface area is 95.7 Å². The van der Waals surface area contributed by atoms with Crippen LogP contribution in [0.1, 0.15) is 26.2 Å². The van der Waals surface area contributed by atoms with E-state index in [1.807, 2.05) is 6.92 Å². The molecule has 1 fully saturated rings. The van der Waals surface area contributed by atoms with Crippen LogP contribution in [0.2, 0.25) is 0 Å². The summed E-state index contributed by atoms with van der Waals surface area (Å²) in [4.78, 5) is 16.4. The normalized spacial score (nSPS) is 20.3. The molecule has 1 heterocycles. The number of hydrogen-bond acceptors (Lipinski definition) is 5. The first-order valence-corrected chi connectivity index (χ1v) is 5.48. The van der Waals surface area contributed by atoms with Gasteiger partial charge >= 0.3 is 5.97 Å². The average molecular weight is 229 g/mol. The summed E-state index contributed by atoms with van der Waals surface area (Å²) >= 11 is 0. The zero-order chi connectivity index (χ0) is 12.0. The van der Waals surface area contributed by atoms with Crippen molar-refractivity contribution in [2.45, 2.75) is 26.2 Å². The predicted molar refractivity (Wildman–Crippen MR) is 59.2 cm³/mol. The summed E-state index contributed by atoms with van der Waals surface area (Å²) in [5.74, 6) is -0.411. The molecule has 1 aliphatic rings. The molecular formula is C11H19NO4. The molecule has 0 atom stereocenters. The van der Waals surface area contributed by atoms with Crippen LogP contribution in [-0.2, 0) is 19.1 Å². The van der Waals surface area contributed by atoms with E-state index < -0.39 is 5.97 Å². The third-order valence-electron chi connectivity index (χ3n) is 3.19. The second-order valence-corrected chi connectivity index (χ2v) is 3.86. The number of rotatable bonds is 4. The molecule has 1 rings (SSSR count). The van der Waals surface area contributed by atoms with Gasteiger partial charge in [0, 0.05) is 18.6 Å². The van der Waals surface area contributed by atoms with Gasteiger partial charge in [0.2, 0.25) is 0 Å². The molecule has 1 aliphatic heterocycles. The van der Waals surface area contributed by atoms with E-state index in [0.717, 1.165) is 19.3 Å². The van der Waals surface area contributed by atoms with E-state index in [4.69, 9.17) is 14.3 Å². The van der Waals surface area contributed by atoms with Crippen LogP contribution >= 0.6 is 0 Å². The van der Waals surface area contributed by atoms with Gasteiger partial charge < -0.3 is 14.3 Å². The quantitative estimate of drug-likeness (QED) is 0.415. The monoisotopic (exact) mass is 229 g/mol. The molecule has 0 unspecified atom stereocenters. The zero-order valence-corrected chi connectivity index (χ0v) is 10.1. The summed E-state index contributed by atoms with van der Waals surface area (Å²) in [6.45, 7) is 3.33. The molecule has 92 valence electrons. The summed E-state index contributed by atoms with van der Waals surface area (Å²) in [5, 5.41) is 3.85. The van der Waals surface area contributed by atoms with E-state index >= 15 is 0 Å². The highest BCUT2D eigenvalue weighted by Crippen LogP contribution is 2.36. The van der Waals surface area contributed by atoms with Crippen LogP contribution in [0.5, 0.6) is 0 Å². The SMILES string of the molecule is CCC1(/C(=N/OC)C(=O)OC)CCOCC1. The van der Waals surface area contributed by atoms with Crippen molar-refractivity contribution in [2.24, 2.45) is 10.6 Å². The third kappa shape index (κ3) is 2.52. The number of carbonyl (C=O) groups excluding carboxylic acids is 1. The maximum atomic E-state index is 11.7. The minimum absolute atomic E-state index is 0.263. The van der Waals surface area contributed by atoms with Gasteiger partial charge in [-0.1, -0.05) is 12.1 Å². The minimum atomic E-state index is -0.411. The molecule has 16 heavy (non-hydrogen) atoms. The van der Waals surface area contributed by atoms with E-state index in [0.29, 0.717) is 18.9 Å². The molecule has 1 saturated heterocycles. The van der Waals surface area contributed by atoms with Gasteiger partial charge in [-0.25, -0.2) is 4.79 Å². The molecule has 0 aromatic rings. The Morgan fingerprint density at radius 3 is 2.44 bits per heavy atom. The third-order valence-corrected chi connectivity index (χ3v) is 3.19. The molecule has 0 aromatic carbocycles. The van der Waals surface area contributed by atoms with E-state index in [-0.39, 0.29) is 5.41 Å². The van der Waals surface area contributed by atoms with E-state index in [1.165, 1.54) is 14.2 Å². The van der Waals surface area contributed by atoms with Crippen LogP contribution in [0.4, 0.5) is 0 Å². The first kappa shape index (κ1) is 13.0. The number of ether oxygens (including phenoxy) is 2. The van der Waals surface area contributed by atoms with Crippen molar-refractivity contribution in [3.8, 4) is 0 Å². The first-order chi connectivity index (χ1) is 7.70. The van der Waals surface area contributed by atoms with Crippen LogP contribution in [0.25, 0.3) is 0 Å². The molecule has 0 spiro atoms. The number of hydrogen-bond donors (Lipinski definition) is 0. The summed E-state index contributed by atoms with van der Waals surface area (Å²) in [5.41, 5.74) is 0.116. The lowest BCUT2D eigenvalue weighted by atomic mass is 9.73. The number of oxime groups is 1. The van der Waals surface area contributed by atoms with Crippen molar-refractivity contribution in [1.29, 1.82) is 0 Å². The van der Waals surface area contributed by atoms with Gasteiger partial charge in [-0.2, -0.15) is 0 Å². The van der Waals surface area contributed by atoms with Crippen LogP contribution in [0.3, 0.4) is 0 Å². The van der Waals surface area contributed by atoms with Crippen molar-refractivity contribution < 1.29 is 19.1 Å². The zero-order valence-electron chi connectivity index (χ0n) is 10.1. The van der Waals surface area contributed by atoms with Crippen LogP contribution in [0.15, 0.2) is 5.16 Å². The Balaban J connectivity index is 2.97. The van der Waals surface area contributed by atoms with Gasteiger partial charge in [0.15, 0.2) is 5.71 Å². The highest BCUT2D eigenvalue weighted by molar-refractivity contribution is 6.38. The molecule has 0 bridgehead atoms. The predicted octanol–water partition coefficient (Wildman–Crippen LogP) is 1.37. The van der Waals surface area contributed by atoms with Gasteiger partial charge in [0.1, 0.15) is 7.11 Å². The van der Waals surface area contributed by atoms with E-state index in [9.17, 15) is 4.79 Å². The van der Waals surface area contributed by atoms with Gasteiger partial charge in [-0.15, -0.1) is 0 Å². The van der Waals surface area contributed by atoms with Crippen LogP contribution in [-0.4, -0.2) is 39.1 Å². The summed E-state index contributed by atoms with van der Waals surface area (Å²) in [7, 11) is 2.79. The topological polar surface area (TPSA) is 57.1 Å². The molecular weight excluding hydrogens is 210 g/mol. The molecule has 0 aliphatic carbocycles. The van der Waals surface area contributed by atoms with Crippen molar-refractivity contribution >= 4 is 11.7 Å². The fraction of sp³-hybridized carbons (Fsp3) is 0.818. The fourth-order valence-corrected chi connectivity index (χ4v) is 2.06. The highest BCUT2D eigenvalue weighted by atomic mass is 16.6. The summed E-state index contributed by atoms with van der Waals surface area (Å²) < 4.78 is 10.1. The molecule has 0 radical (unpaired) electrons.